The number of piperazine rings is 1. The molecule has 0 bridgehead atoms. The number of halogens is 3. The quantitative estimate of drug-likeness (QED) is 0.432. The normalized spacial score (nSPS) is 24.0. The minimum atomic E-state index is -4.56. The molecule has 3 fully saturated rings. The van der Waals surface area contributed by atoms with E-state index in [1.54, 1.807) is 13.8 Å². The van der Waals surface area contributed by atoms with Crippen molar-refractivity contribution in [3.63, 3.8) is 0 Å². The molecule has 2 aromatic carbocycles. The van der Waals surface area contributed by atoms with Crippen LogP contribution in [0, 0.1) is 5.82 Å². The van der Waals surface area contributed by atoms with Crippen LogP contribution in [0.1, 0.15) is 45.1 Å². The number of carboxylic acid groups (broad SMARTS) is 1. The Morgan fingerprint density at radius 1 is 1.10 bits per heavy atom. The maximum absolute atomic E-state index is 14.4. The molecule has 3 amide bonds. The molecule has 228 valence electrons. The Balaban J connectivity index is 0.000000932. The monoisotopic (exact) mass is 642 g/mol. The number of nitrogens with zero attached hydrogens (tertiary/aromatic N) is 2. The highest BCUT2D eigenvalue weighted by Crippen LogP contribution is 2.40. The van der Waals surface area contributed by atoms with Gasteiger partial charge in [0.15, 0.2) is 0 Å². The van der Waals surface area contributed by atoms with Crippen molar-refractivity contribution in [2.24, 2.45) is 0 Å². The van der Waals surface area contributed by atoms with Crippen molar-refractivity contribution in [1.82, 2.24) is 20.4 Å². The van der Waals surface area contributed by atoms with Crippen LogP contribution in [0.2, 0.25) is 10.0 Å². The summed E-state index contributed by atoms with van der Waals surface area (Å²) < 4.78 is 42.3. The van der Waals surface area contributed by atoms with Gasteiger partial charge >= 0.3 is 6.09 Å². The third-order valence-electron chi connectivity index (χ3n) is 7.66. The van der Waals surface area contributed by atoms with Gasteiger partial charge in [-0.25, -0.2) is 17.6 Å². The minimum Gasteiger partial charge on any atom is -0.465 e. The van der Waals surface area contributed by atoms with Gasteiger partial charge in [-0.2, -0.15) is 0 Å². The average molecular weight is 644 g/mol. The van der Waals surface area contributed by atoms with E-state index in [1.165, 1.54) is 73.0 Å². The summed E-state index contributed by atoms with van der Waals surface area (Å²) in [4.78, 5) is 38.7. The van der Waals surface area contributed by atoms with Gasteiger partial charge in [0.2, 0.25) is 26.6 Å². The van der Waals surface area contributed by atoms with Crippen LogP contribution in [0.15, 0.2) is 47.4 Å². The number of sulfone groups is 1. The molecule has 2 saturated heterocycles. The third kappa shape index (κ3) is 6.22. The first-order valence-corrected chi connectivity index (χ1v) is 15.8. The van der Waals surface area contributed by atoms with E-state index in [2.05, 4.69) is 10.6 Å². The Kier molecular flexibility index (Phi) is 9.71. The summed E-state index contributed by atoms with van der Waals surface area (Å²) in [6, 6.07) is 5.84. The van der Waals surface area contributed by atoms with Crippen molar-refractivity contribution >= 4 is 50.9 Å². The molecule has 1 aliphatic carbocycles. The second-order valence-electron chi connectivity index (χ2n) is 10.8. The lowest BCUT2D eigenvalue weighted by molar-refractivity contribution is -0.166. The Morgan fingerprint density at radius 2 is 1.71 bits per heavy atom. The highest BCUT2D eigenvalue weighted by Gasteiger charge is 2.63. The molecule has 2 aromatic rings. The number of amides is 3. The molecule has 3 N–H and O–H groups in total. The molecule has 14 heteroatoms. The second kappa shape index (κ2) is 12.7. The zero-order valence-corrected chi connectivity index (χ0v) is 25.5. The highest BCUT2D eigenvalue weighted by molar-refractivity contribution is 7.93. The number of fused-ring (bicyclic) bond motifs is 1. The Labute approximate surface area is 254 Å². The molecule has 10 nitrogen and oxygen atoms in total. The van der Waals surface area contributed by atoms with Crippen LogP contribution in [0.25, 0.3) is 0 Å². The van der Waals surface area contributed by atoms with Gasteiger partial charge in [-0.15, -0.1) is 0 Å². The molecule has 3 atom stereocenters. The topological polar surface area (TPSA) is 136 Å². The van der Waals surface area contributed by atoms with E-state index in [0.717, 1.165) is 4.90 Å². The molecule has 0 aromatic heterocycles. The zero-order valence-electron chi connectivity index (χ0n) is 23.1. The van der Waals surface area contributed by atoms with Gasteiger partial charge in [-0.3, -0.25) is 19.8 Å². The molecule has 0 radical (unpaired) electrons. The van der Waals surface area contributed by atoms with Crippen molar-refractivity contribution in [2.45, 2.75) is 74.0 Å². The summed E-state index contributed by atoms with van der Waals surface area (Å²) in [5.74, 6) is -1.95. The number of hydrogen-bond acceptors (Lipinski definition) is 6. The first-order valence-electron chi connectivity index (χ1n) is 13.6. The molecule has 3 aliphatic rings. The van der Waals surface area contributed by atoms with Gasteiger partial charge in [0.1, 0.15) is 17.9 Å². The number of carbonyl (C=O) groups is 3. The molecule has 0 spiro atoms. The van der Waals surface area contributed by atoms with Crippen molar-refractivity contribution in [3.8, 4) is 0 Å². The minimum absolute atomic E-state index is 0.152. The van der Waals surface area contributed by atoms with Gasteiger partial charge in [-0.1, -0.05) is 61.0 Å². The van der Waals surface area contributed by atoms with Gasteiger partial charge in [0.05, 0.1) is 16.5 Å². The lowest BCUT2D eigenvalue weighted by Gasteiger charge is -2.57. The lowest BCUT2D eigenvalue weighted by atomic mass is 9.96. The zero-order chi connectivity index (χ0) is 30.8. The van der Waals surface area contributed by atoms with E-state index in [0.29, 0.717) is 5.56 Å². The van der Waals surface area contributed by atoms with Crippen LogP contribution in [0.3, 0.4) is 0 Å². The summed E-state index contributed by atoms with van der Waals surface area (Å²) in [7, 11) is -4.56. The van der Waals surface area contributed by atoms with Crippen LogP contribution in [-0.2, 0) is 25.8 Å². The molecule has 3 unspecified atom stereocenters. The Bertz CT molecular complexity index is 1450. The highest BCUT2D eigenvalue weighted by atomic mass is 35.5. The van der Waals surface area contributed by atoms with Crippen LogP contribution in [0.4, 0.5) is 9.18 Å². The third-order valence-corrected chi connectivity index (χ3v) is 10.6. The summed E-state index contributed by atoms with van der Waals surface area (Å²) in [5.41, 5.74) is 0.465. The fraction of sp³-hybridized carbons (Fsp3) is 0.464. The van der Waals surface area contributed by atoms with Gasteiger partial charge in [0, 0.05) is 24.0 Å². The van der Waals surface area contributed by atoms with Crippen LogP contribution < -0.4 is 10.6 Å². The van der Waals surface area contributed by atoms with Crippen molar-refractivity contribution < 1.29 is 32.3 Å². The van der Waals surface area contributed by atoms with Crippen LogP contribution in [0.5, 0.6) is 0 Å². The predicted octanol–water partition coefficient (Wildman–Crippen LogP) is 4.05. The smallest absolute Gasteiger partial charge is 0.405 e. The van der Waals surface area contributed by atoms with Crippen molar-refractivity contribution in [3.05, 3.63) is 63.9 Å². The van der Waals surface area contributed by atoms with E-state index in [1.807, 2.05) is 0 Å². The molecular formula is C28H33Cl2FN4O6S. The van der Waals surface area contributed by atoms with Gasteiger partial charge in [0.25, 0.3) is 0 Å². The van der Waals surface area contributed by atoms with E-state index in [4.69, 9.17) is 23.2 Å². The van der Waals surface area contributed by atoms with E-state index in [9.17, 15) is 32.3 Å². The first kappa shape index (κ1) is 32.0. The molecule has 2 aliphatic heterocycles. The number of benzene rings is 2. The van der Waals surface area contributed by atoms with Crippen molar-refractivity contribution in [2.75, 3.05) is 13.1 Å². The molecular weight excluding hydrogens is 610 g/mol. The summed E-state index contributed by atoms with van der Waals surface area (Å²) in [6.07, 6.45) is 4.35. The van der Waals surface area contributed by atoms with Gasteiger partial charge in [-0.05, 0) is 49.7 Å². The number of carbonyl (C=O) groups excluding carboxylic acids is 2. The number of hydrogen-bond donors (Lipinski definition) is 3. The SMILES string of the molecule is C1CCC1.CC(C)N1CC2(S(=O)(=O)c3ccc(Cl)cc3Cl)NCC(NC(=O)O)C(=O)N2C(Cc2ccc(F)cc2)C1=O. The fourth-order valence-corrected chi connectivity index (χ4v) is 7.78. The van der Waals surface area contributed by atoms with Crippen LogP contribution in [-0.4, -0.2) is 77.4 Å². The molecule has 5 rings (SSSR count). The summed E-state index contributed by atoms with van der Waals surface area (Å²) in [5, 5.41) is 14.2. The summed E-state index contributed by atoms with van der Waals surface area (Å²) in [6.45, 7) is 2.60. The summed E-state index contributed by atoms with van der Waals surface area (Å²) >= 11 is 12.3. The maximum atomic E-state index is 14.4. The number of nitrogens with one attached hydrogen (secondary N) is 2. The molecule has 1 saturated carbocycles. The van der Waals surface area contributed by atoms with E-state index in [-0.39, 0.29) is 27.9 Å². The number of rotatable bonds is 6. The standard InChI is InChI=1S/C24H25Cl2FN4O6S.C4H8/c1-13(2)30-12-24(38(36,37)20-8-5-15(25)10-17(20)26)28-11-18(29-23(34)35)21(32)31(24)19(22(30)33)9-14-3-6-16(27)7-4-14;1-2-4-3-1/h3-8,10,13,18-19,28-29H,9,11-12H2,1-2H3,(H,34,35);1-4H2. The fourth-order valence-electron chi connectivity index (χ4n) is 5.08. The molecule has 2 heterocycles. The second-order valence-corrected chi connectivity index (χ2v) is 13.7. The largest absolute Gasteiger partial charge is 0.465 e. The molecule has 42 heavy (non-hydrogen) atoms. The van der Waals surface area contributed by atoms with Crippen molar-refractivity contribution in [1.29, 1.82) is 0 Å². The van der Waals surface area contributed by atoms with Gasteiger partial charge < -0.3 is 15.3 Å². The lowest BCUT2D eigenvalue weighted by Crippen LogP contribution is -2.83. The van der Waals surface area contributed by atoms with E-state index >= 15 is 0 Å². The van der Waals surface area contributed by atoms with Crippen LogP contribution >= 0.6 is 23.2 Å². The first-order chi connectivity index (χ1) is 19.8. The predicted molar refractivity (Wildman–Crippen MR) is 155 cm³/mol. The Hall–Kier alpha value is -2.93. The Morgan fingerprint density at radius 3 is 2.24 bits per heavy atom. The van der Waals surface area contributed by atoms with E-state index < -0.39 is 63.2 Å². The average Bonchev–Trinajstić information content (AvgIpc) is 2.86. The maximum Gasteiger partial charge on any atom is 0.405 e.